The van der Waals surface area contributed by atoms with Crippen molar-refractivity contribution >= 4 is 5.91 Å². The second-order valence-corrected chi connectivity index (χ2v) is 24.3. The van der Waals surface area contributed by atoms with Crippen LogP contribution in [0.15, 0.2) is 0 Å². The van der Waals surface area contributed by atoms with Crippen LogP contribution in [0.1, 0.15) is 367 Å². The van der Waals surface area contributed by atoms with Gasteiger partial charge in [0.25, 0.3) is 0 Å². The number of rotatable bonds is 61. The molecule has 0 aromatic carbocycles. The highest BCUT2D eigenvalue weighted by molar-refractivity contribution is 5.76. The number of ether oxygens (including phenoxy) is 2. The monoisotopic (exact) mass is 1080 g/mol. The van der Waals surface area contributed by atoms with Crippen LogP contribution in [0, 0.1) is 0 Å². The van der Waals surface area contributed by atoms with Crippen molar-refractivity contribution in [3.8, 4) is 0 Å². The molecule has 0 spiro atoms. The first-order valence-corrected chi connectivity index (χ1v) is 34.2. The summed E-state index contributed by atoms with van der Waals surface area (Å²) in [7, 11) is 0. The van der Waals surface area contributed by atoms with E-state index in [0.29, 0.717) is 12.8 Å². The van der Waals surface area contributed by atoms with Crippen molar-refractivity contribution in [1.82, 2.24) is 5.32 Å². The van der Waals surface area contributed by atoms with E-state index in [0.717, 1.165) is 38.5 Å². The summed E-state index contributed by atoms with van der Waals surface area (Å²) in [6, 6.07) is -0.714. The highest BCUT2D eigenvalue weighted by Gasteiger charge is 2.44. The number of carbonyl (C=O) groups excluding carboxylic acids is 1. The lowest BCUT2D eigenvalue weighted by molar-refractivity contribution is -0.302. The molecule has 1 aliphatic rings. The molecule has 7 atom stereocenters. The fourth-order valence-electron chi connectivity index (χ4n) is 11.6. The Kier molecular flexibility index (Phi) is 55.3. The Balaban J connectivity index is 2.05. The summed E-state index contributed by atoms with van der Waals surface area (Å²) in [4.78, 5) is 13.1. The molecule has 0 radical (unpaired) electrons. The van der Waals surface area contributed by atoms with Crippen molar-refractivity contribution in [3.63, 3.8) is 0 Å². The van der Waals surface area contributed by atoms with Crippen LogP contribution in [0.4, 0.5) is 0 Å². The molecule has 1 fully saturated rings. The zero-order valence-electron chi connectivity index (χ0n) is 50.8. The lowest BCUT2D eigenvalue weighted by Gasteiger charge is -2.40. The predicted molar refractivity (Wildman–Crippen MR) is 323 cm³/mol. The number of unbranched alkanes of at least 4 members (excludes halogenated alkanes) is 51. The van der Waals surface area contributed by atoms with Crippen LogP contribution >= 0.6 is 0 Å². The van der Waals surface area contributed by atoms with Crippen molar-refractivity contribution in [2.75, 3.05) is 13.2 Å². The molecule has 0 aromatic heterocycles. The van der Waals surface area contributed by atoms with Crippen LogP contribution in [0.3, 0.4) is 0 Å². The average Bonchev–Trinajstić information content (AvgIpc) is 3.42. The average molecular weight is 1080 g/mol. The van der Waals surface area contributed by atoms with E-state index < -0.39 is 49.5 Å². The highest BCUT2D eigenvalue weighted by atomic mass is 16.7. The fourth-order valence-corrected chi connectivity index (χ4v) is 11.6. The molecule has 454 valence electrons. The van der Waals surface area contributed by atoms with Gasteiger partial charge in [0.2, 0.25) is 5.91 Å². The number of amides is 1. The first-order valence-electron chi connectivity index (χ1n) is 34.2. The van der Waals surface area contributed by atoms with Crippen LogP contribution in [-0.4, -0.2) is 87.5 Å². The smallest absolute Gasteiger partial charge is 0.220 e. The first-order chi connectivity index (χ1) is 37.3. The van der Waals surface area contributed by atoms with Crippen LogP contribution in [0.2, 0.25) is 0 Å². The van der Waals surface area contributed by atoms with E-state index in [-0.39, 0.29) is 12.5 Å². The molecule has 7 unspecified atom stereocenters. The van der Waals surface area contributed by atoms with Crippen molar-refractivity contribution in [2.45, 2.75) is 410 Å². The molecule has 1 rings (SSSR count). The van der Waals surface area contributed by atoms with Crippen molar-refractivity contribution < 1.29 is 39.8 Å². The molecular formula is C67H133NO8. The van der Waals surface area contributed by atoms with E-state index in [1.54, 1.807) is 0 Å². The van der Waals surface area contributed by atoms with Gasteiger partial charge >= 0.3 is 0 Å². The number of aliphatic hydroxyl groups is 5. The van der Waals surface area contributed by atoms with Gasteiger partial charge in [-0.25, -0.2) is 0 Å². The maximum atomic E-state index is 13.1. The van der Waals surface area contributed by atoms with Crippen LogP contribution in [0.5, 0.6) is 0 Å². The van der Waals surface area contributed by atoms with E-state index in [1.807, 2.05) is 0 Å². The molecular weight excluding hydrogens is 947 g/mol. The predicted octanol–water partition coefficient (Wildman–Crippen LogP) is 18.1. The highest BCUT2D eigenvalue weighted by Crippen LogP contribution is 2.24. The summed E-state index contributed by atoms with van der Waals surface area (Å²) in [6.07, 6.45) is 64.7. The molecule has 0 saturated carbocycles. The third-order valence-corrected chi connectivity index (χ3v) is 17.0. The number of nitrogens with one attached hydrogen (secondary N) is 1. The molecule has 6 N–H and O–H groups in total. The van der Waals surface area contributed by atoms with Gasteiger partial charge in [0.15, 0.2) is 6.29 Å². The normalized spacial score (nSPS) is 18.6. The third-order valence-electron chi connectivity index (χ3n) is 17.0. The van der Waals surface area contributed by atoms with Gasteiger partial charge in [-0.15, -0.1) is 0 Å². The summed E-state index contributed by atoms with van der Waals surface area (Å²) < 4.78 is 11.4. The van der Waals surface area contributed by atoms with Gasteiger partial charge in [0.05, 0.1) is 25.4 Å². The molecule has 9 heteroatoms. The van der Waals surface area contributed by atoms with E-state index in [1.165, 1.54) is 302 Å². The van der Waals surface area contributed by atoms with Crippen LogP contribution < -0.4 is 5.32 Å². The Morgan fingerprint density at radius 2 is 0.658 bits per heavy atom. The Morgan fingerprint density at radius 1 is 0.395 bits per heavy atom. The van der Waals surface area contributed by atoms with E-state index >= 15 is 0 Å². The van der Waals surface area contributed by atoms with Gasteiger partial charge in [-0.05, 0) is 12.8 Å². The first kappa shape index (κ1) is 73.2. The van der Waals surface area contributed by atoms with Gasteiger partial charge in [-0.3, -0.25) is 4.79 Å². The molecule has 0 aromatic rings. The van der Waals surface area contributed by atoms with E-state index in [2.05, 4.69) is 19.2 Å². The lowest BCUT2D eigenvalue weighted by Crippen LogP contribution is -2.60. The standard InChI is InChI=1S/C67H133NO8/c1-3-5-7-9-11-13-15-17-19-21-23-24-25-26-27-28-29-30-31-32-33-34-35-36-37-38-39-41-43-45-47-49-51-53-55-57-63(71)68-60(59-75-67-66(74)65(73)64(72)62(58-69)76-67)61(70)56-54-52-50-48-46-44-42-40-22-20-18-16-14-12-10-8-6-4-2/h60-62,64-67,69-70,72-74H,3-59H2,1-2H3,(H,68,71). The van der Waals surface area contributed by atoms with Crippen LogP contribution in [0.25, 0.3) is 0 Å². The number of hydrogen-bond acceptors (Lipinski definition) is 8. The van der Waals surface area contributed by atoms with Crippen molar-refractivity contribution in [2.24, 2.45) is 0 Å². The second kappa shape index (κ2) is 57.4. The number of carbonyl (C=O) groups is 1. The SMILES string of the molecule is CCCCCCCCCCCCCCCCCCCCCCCCCCCCCCCCCCCCCC(=O)NC(COC1OC(CO)C(O)C(O)C1O)C(O)CCCCCCCCCCCCCCCCCCCC. The van der Waals surface area contributed by atoms with E-state index in [9.17, 15) is 30.3 Å². The van der Waals surface area contributed by atoms with Crippen molar-refractivity contribution in [1.29, 1.82) is 0 Å². The summed E-state index contributed by atoms with van der Waals surface area (Å²) >= 11 is 0. The zero-order chi connectivity index (χ0) is 55.0. The van der Waals surface area contributed by atoms with Gasteiger partial charge in [0.1, 0.15) is 24.4 Å². The number of aliphatic hydroxyl groups excluding tert-OH is 5. The van der Waals surface area contributed by atoms with Gasteiger partial charge < -0.3 is 40.3 Å². The molecule has 1 aliphatic heterocycles. The van der Waals surface area contributed by atoms with E-state index in [4.69, 9.17) is 9.47 Å². The Labute approximate surface area is 472 Å². The Hall–Kier alpha value is -0.810. The molecule has 1 saturated heterocycles. The molecule has 1 heterocycles. The van der Waals surface area contributed by atoms with Gasteiger partial charge in [0, 0.05) is 6.42 Å². The fraction of sp³-hybridized carbons (Fsp3) is 0.985. The van der Waals surface area contributed by atoms with Crippen LogP contribution in [-0.2, 0) is 14.3 Å². The number of hydrogen-bond donors (Lipinski definition) is 6. The molecule has 9 nitrogen and oxygen atoms in total. The largest absolute Gasteiger partial charge is 0.394 e. The minimum absolute atomic E-state index is 0.131. The summed E-state index contributed by atoms with van der Waals surface area (Å²) in [5, 5.41) is 54.8. The van der Waals surface area contributed by atoms with Gasteiger partial charge in [-0.1, -0.05) is 348 Å². The maximum Gasteiger partial charge on any atom is 0.220 e. The minimum atomic E-state index is -1.55. The molecule has 0 aliphatic carbocycles. The van der Waals surface area contributed by atoms with Gasteiger partial charge in [-0.2, -0.15) is 0 Å². The Bertz CT molecular complexity index is 1160. The summed E-state index contributed by atoms with van der Waals surface area (Å²) in [5.41, 5.74) is 0. The third kappa shape index (κ3) is 45.9. The minimum Gasteiger partial charge on any atom is -0.394 e. The molecule has 1 amide bonds. The molecule has 0 bridgehead atoms. The quantitative estimate of drug-likeness (QED) is 0.0330. The second-order valence-electron chi connectivity index (χ2n) is 24.3. The maximum absolute atomic E-state index is 13.1. The van der Waals surface area contributed by atoms with Crippen molar-refractivity contribution in [3.05, 3.63) is 0 Å². The summed E-state index contributed by atoms with van der Waals surface area (Å²) in [6.45, 7) is 3.90. The molecule has 76 heavy (non-hydrogen) atoms. The zero-order valence-corrected chi connectivity index (χ0v) is 50.8. The summed E-state index contributed by atoms with van der Waals surface area (Å²) in [5.74, 6) is -0.134. The Morgan fingerprint density at radius 3 is 0.934 bits per heavy atom. The lowest BCUT2D eigenvalue weighted by atomic mass is 9.99. The topological polar surface area (TPSA) is 149 Å².